The molecule has 0 aliphatic heterocycles. The maximum Gasteiger partial charge on any atom is 0.164 e. The monoisotopic (exact) mass is 719 g/mol. The summed E-state index contributed by atoms with van der Waals surface area (Å²) in [5, 5.41) is 3.33. The van der Waals surface area contributed by atoms with Crippen LogP contribution < -0.4 is 0 Å². The van der Waals surface area contributed by atoms with E-state index in [1.165, 1.54) is 5.56 Å². The Labute approximate surface area is 323 Å². The molecule has 3 aromatic heterocycles. The molecule has 5 heteroatoms. The number of furan rings is 2. The van der Waals surface area contributed by atoms with Crippen LogP contribution in [0.25, 0.3) is 95.1 Å². The maximum atomic E-state index is 6.88. The van der Waals surface area contributed by atoms with E-state index in [9.17, 15) is 0 Å². The lowest BCUT2D eigenvalue weighted by molar-refractivity contribution is 0.629. The van der Waals surface area contributed by atoms with Gasteiger partial charge in [0.2, 0.25) is 0 Å². The van der Waals surface area contributed by atoms with Crippen molar-refractivity contribution in [3.8, 4) is 56.6 Å². The quantitative estimate of drug-likeness (QED) is 0.177. The van der Waals surface area contributed by atoms with Gasteiger partial charge >= 0.3 is 0 Å². The molecular weight excluding hydrogens is 687 g/mol. The summed E-state index contributed by atoms with van der Waals surface area (Å²) in [6.07, 6.45) is 4.04. The molecular formula is C51H33N3O2. The van der Waals surface area contributed by atoms with E-state index in [1.807, 2.05) is 78.9 Å². The first-order valence-electron chi connectivity index (χ1n) is 19.0. The van der Waals surface area contributed by atoms with Gasteiger partial charge in [0, 0.05) is 49.5 Å². The molecule has 1 aliphatic carbocycles. The van der Waals surface area contributed by atoms with E-state index >= 15 is 0 Å². The first-order valence-corrected chi connectivity index (χ1v) is 19.0. The van der Waals surface area contributed by atoms with Crippen molar-refractivity contribution in [1.82, 2.24) is 15.0 Å². The minimum absolute atomic E-state index is 0.623. The molecule has 0 radical (unpaired) electrons. The summed E-state index contributed by atoms with van der Waals surface area (Å²) < 4.78 is 13.4. The second-order valence-electron chi connectivity index (χ2n) is 14.2. The van der Waals surface area contributed by atoms with Gasteiger partial charge in [0.1, 0.15) is 22.5 Å². The highest BCUT2D eigenvalue weighted by atomic mass is 16.3. The van der Waals surface area contributed by atoms with Crippen LogP contribution in [0.15, 0.2) is 185 Å². The Kier molecular flexibility index (Phi) is 7.56. The Morgan fingerprint density at radius 1 is 0.411 bits per heavy atom. The number of fused-ring (bicyclic) bond motifs is 8. The molecule has 0 atom stereocenters. The van der Waals surface area contributed by atoms with Gasteiger partial charge in [0.05, 0.1) is 0 Å². The minimum atomic E-state index is 0.623. The Morgan fingerprint density at radius 3 is 1.70 bits per heavy atom. The van der Waals surface area contributed by atoms with E-state index < -0.39 is 0 Å². The normalized spacial score (nSPS) is 13.5. The van der Waals surface area contributed by atoms with Crippen molar-refractivity contribution >= 4 is 38.5 Å². The SMILES string of the molecule is C1=C(/c2cccc(-c3nc(-c4ccccc4)nc(-c4ccccc4)n3)c2)c2c(oc3ccccc23)-c2cccc(-c3cccc4c3oc3ccccc34)c2CC/1. The maximum absolute atomic E-state index is 6.88. The van der Waals surface area contributed by atoms with Crippen molar-refractivity contribution in [2.45, 2.75) is 12.8 Å². The summed E-state index contributed by atoms with van der Waals surface area (Å²) in [4.78, 5) is 15.0. The van der Waals surface area contributed by atoms with Gasteiger partial charge < -0.3 is 8.83 Å². The molecule has 0 amide bonds. The highest BCUT2D eigenvalue weighted by Crippen LogP contribution is 2.47. The van der Waals surface area contributed by atoms with E-state index in [-0.39, 0.29) is 0 Å². The van der Waals surface area contributed by atoms with E-state index in [2.05, 4.69) is 97.1 Å². The van der Waals surface area contributed by atoms with E-state index in [0.29, 0.717) is 17.5 Å². The Morgan fingerprint density at radius 2 is 0.946 bits per heavy atom. The molecule has 7 aromatic carbocycles. The molecule has 56 heavy (non-hydrogen) atoms. The number of para-hydroxylation sites is 3. The lowest BCUT2D eigenvalue weighted by Crippen LogP contribution is -2.01. The predicted molar refractivity (Wildman–Crippen MR) is 226 cm³/mol. The Balaban J connectivity index is 1.07. The number of allylic oxidation sites excluding steroid dienone is 1. The fourth-order valence-electron chi connectivity index (χ4n) is 8.27. The van der Waals surface area contributed by atoms with Crippen molar-refractivity contribution < 1.29 is 8.83 Å². The molecule has 0 fully saturated rings. The molecule has 0 unspecified atom stereocenters. The van der Waals surface area contributed by atoms with Gasteiger partial charge in [0.15, 0.2) is 17.5 Å². The van der Waals surface area contributed by atoms with E-state index in [0.717, 1.165) is 102 Å². The second-order valence-corrected chi connectivity index (χ2v) is 14.2. The molecule has 0 spiro atoms. The summed E-state index contributed by atoms with van der Waals surface area (Å²) in [6.45, 7) is 0. The standard InChI is InChI=1S/C51H33N3O2/c1-3-15-32(16-4-1)49-52-50(33-17-5-2-6-18-33)54-51(53-49)35-20-11-19-34(31-35)36-23-12-24-38-37(40-26-14-28-42-39-21-7-9-29-44(39)55-47(40)42)25-13-27-41(38)48-46(36)43-22-8-10-30-45(43)56-48/h1-11,13-23,25-31H,12,24H2/b36-23-. The molecule has 0 bridgehead atoms. The van der Waals surface area contributed by atoms with Gasteiger partial charge in [-0.15, -0.1) is 0 Å². The third-order valence-corrected chi connectivity index (χ3v) is 10.9. The zero-order valence-corrected chi connectivity index (χ0v) is 30.3. The van der Waals surface area contributed by atoms with Gasteiger partial charge in [-0.05, 0) is 53.3 Å². The Hall–Kier alpha value is -7.37. The number of hydrogen-bond acceptors (Lipinski definition) is 5. The molecule has 5 nitrogen and oxygen atoms in total. The zero-order chi connectivity index (χ0) is 37.0. The highest BCUT2D eigenvalue weighted by Gasteiger charge is 2.26. The number of hydrogen-bond donors (Lipinski definition) is 0. The molecule has 10 aromatic rings. The van der Waals surface area contributed by atoms with Gasteiger partial charge in [-0.1, -0.05) is 158 Å². The molecule has 3 heterocycles. The number of benzene rings is 7. The minimum Gasteiger partial charge on any atom is -0.455 e. The molecule has 1 aliphatic rings. The van der Waals surface area contributed by atoms with E-state index in [1.54, 1.807) is 0 Å². The third kappa shape index (κ3) is 5.36. The Bertz CT molecular complexity index is 3080. The summed E-state index contributed by atoms with van der Waals surface area (Å²) >= 11 is 0. The van der Waals surface area contributed by atoms with Crippen molar-refractivity contribution in [3.05, 3.63) is 193 Å². The summed E-state index contributed by atoms with van der Waals surface area (Å²) in [6, 6.07) is 58.4. The van der Waals surface area contributed by atoms with Crippen LogP contribution in [0.2, 0.25) is 0 Å². The summed E-state index contributed by atoms with van der Waals surface area (Å²) in [5.41, 5.74) is 13.3. The van der Waals surface area contributed by atoms with Crippen LogP contribution in [0.3, 0.4) is 0 Å². The van der Waals surface area contributed by atoms with Crippen LogP contribution in [-0.4, -0.2) is 15.0 Å². The molecule has 11 rings (SSSR count). The van der Waals surface area contributed by atoms with Crippen LogP contribution in [0, 0.1) is 0 Å². The fourth-order valence-corrected chi connectivity index (χ4v) is 8.27. The summed E-state index contributed by atoms with van der Waals surface area (Å²) in [5.74, 6) is 2.77. The summed E-state index contributed by atoms with van der Waals surface area (Å²) in [7, 11) is 0. The average Bonchev–Trinajstić information content (AvgIpc) is 3.84. The second kappa shape index (κ2) is 13.2. The van der Waals surface area contributed by atoms with Crippen LogP contribution in [-0.2, 0) is 6.42 Å². The van der Waals surface area contributed by atoms with Gasteiger partial charge in [-0.3, -0.25) is 0 Å². The van der Waals surface area contributed by atoms with Crippen molar-refractivity contribution in [3.63, 3.8) is 0 Å². The molecule has 264 valence electrons. The van der Waals surface area contributed by atoms with Crippen molar-refractivity contribution in [2.24, 2.45) is 0 Å². The first-order chi connectivity index (χ1) is 27.8. The lowest BCUT2D eigenvalue weighted by atomic mass is 9.84. The van der Waals surface area contributed by atoms with Gasteiger partial charge in [-0.25, -0.2) is 15.0 Å². The highest BCUT2D eigenvalue weighted by molar-refractivity contribution is 6.10. The third-order valence-electron chi connectivity index (χ3n) is 10.9. The van der Waals surface area contributed by atoms with Crippen molar-refractivity contribution in [2.75, 3.05) is 0 Å². The van der Waals surface area contributed by atoms with Gasteiger partial charge in [0.25, 0.3) is 0 Å². The molecule has 0 saturated carbocycles. The predicted octanol–water partition coefficient (Wildman–Crippen LogP) is 13.2. The first kappa shape index (κ1) is 32.1. The van der Waals surface area contributed by atoms with Gasteiger partial charge in [-0.2, -0.15) is 0 Å². The van der Waals surface area contributed by atoms with E-state index in [4.69, 9.17) is 23.8 Å². The number of aromatic nitrogens is 3. The topological polar surface area (TPSA) is 65.0 Å². The lowest BCUT2D eigenvalue weighted by Gasteiger charge is -2.19. The zero-order valence-electron chi connectivity index (χ0n) is 30.3. The smallest absolute Gasteiger partial charge is 0.164 e. The van der Waals surface area contributed by atoms with Crippen LogP contribution in [0.4, 0.5) is 0 Å². The molecule has 0 N–H and O–H groups in total. The van der Waals surface area contributed by atoms with Crippen LogP contribution in [0.1, 0.15) is 23.1 Å². The largest absolute Gasteiger partial charge is 0.455 e. The number of nitrogens with zero attached hydrogens (tertiary/aromatic N) is 3. The van der Waals surface area contributed by atoms with Crippen molar-refractivity contribution in [1.29, 1.82) is 0 Å². The fraction of sp³-hybridized carbons (Fsp3) is 0.0392. The van der Waals surface area contributed by atoms with Crippen LogP contribution >= 0.6 is 0 Å². The average molecular weight is 720 g/mol. The number of rotatable bonds is 5. The van der Waals surface area contributed by atoms with Crippen LogP contribution in [0.5, 0.6) is 0 Å². The molecule has 0 saturated heterocycles.